The number of hydrogen-bond donors (Lipinski definition) is 2. The van der Waals surface area contributed by atoms with Crippen LogP contribution in [0.3, 0.4) is 0 Å². The first kappa shape index (κ1) is 10.4. The predicted molar refractivity (Wildman–Crippen MR) is 58.2 cm³/mol. The first-order chi connectivity index (χ1) is 6.86. The summed E-state index contributed by atoms with van der Waals surface area (Å²) in [6.07, 6.45) is 8.82. The van der Waals surface area contributed by atoms with Crippen molar-refractivity contribution in [1.29, 1.82) is 0 Å². The van der Waals surface area contributed by atoms with E-state index in [0.717, 1.165) is 25.4 Å². The van der Waals surface area contributed by atoms with Crippen LogP contribution in [0.4, 0.5) is 0 Å². The Labute approximate surface area is 87.1 Å². The highest BCUT2D eigenvalue weighted by Gasteiger charge is 2.26. The molecule has 1 saturated carbocycles. The van der Waals surface area contributed by atoms with Crippen molar-refractivity contribution < 1.29 is 5.11 Å². The summed E-state index contributed by atoms with van der Waals surface area (Å²) in [6, 6.07) is 0. The van der Waals surface area contributed by atoms with Crippen LogP contribution in [-0.2, 0) is 0 Å². The number of nitrogens with one attached hydrogen (secondary N) is 1. The van der Waals surface area contributed by atoms with E-state index in [1.165, 1.54) is 38.5 Å². The second-order valence-electron chi connectivity index (χ2n) is 5.04. The third-order valence-corrected chi connectivity index (χ3v) is 3.98. The lowest BCUT2D eigenvalue weighted by Gasteiger charge is -2.27. The summed E-state index contributed by atoms with van der Waals surface area (Å²) in [4.78, 5) is 0. The highest BCUT2D eigenvalue weighted by Crippen LogP contribution is 2.31. The molecule has 0 aromatic rings. The quantitative estimate of drug-likeness (QED) is 0.724. The van der Waals surface area contributed by atoms with Crippen LogP contribution >= 0.6 is 0 Å². The highest BCUT2D eigenvalue weighted by atomic mass is 16.3. The number of hydrogen-bond acceptors (Lipinski definition) is 2. The van der Waals surface area contributed by atoms with Crippen molar-refractivity contribution in [3.8, 4) is 0 Å². The van der Waals surface area contributed by atoms with E-state index in [-0.39, 0.29) is 6.10 Å². The summed E-state index contributed by atoms with van der Waals surface area (Å²) in [7, 11) is 0. The van der Waals surface area contributed by atoms with Crippen LogP contribution in [-0.4, -0.2) is 24.3 Å². The average molecular weight is 197 g/mol. The van der Waals surface area contributed by atoms with Gasteiger partial charge in [-0.05, 0) is 57.0 Å². The molecule has 0 bridgehead atoms. The van der Waals surface area contributed by atoms with Crippen LogP contribution in [0.1, 0.15) is 44.9 Å². The Morgan fingerprint density at radius 2 is 1.71 bits per heavy atom. The molecule has 1 unspecified atom stereocenters. The van der Waals surface area contributed by atoms with Crippen molar-refractivity contribution in [2.24, 2.45) is 11.8 Å². The van der Waals surface area contributed by atoms with Crippen molar-refractivity contribution in [2.75, 3.05) is 13.1 Å². The number of aliphatic hydroxyl groups excluding tert-OH is 1. The molecule has 82 valence electrons. The lowest BCUT2D eigenvalue weighted by atomic mass is 9.87. The zero-order valence-corrected chi connectivity index (χ0v) is 9.04. The fourth-order valence-electron chi connectivity index (χ4n) is 2.99. The molecule has 2 rings (SSSR count). The van der Waals surface area contributed by atoms with Crippen molar-refractivity contribution in [2.45, 2.75) is 51.0 Å². The fourth-order valence-corrected chi connectivity index (χ4v) is 2.99. The molecule has 1 atom stereocenters. The van der Waals surface area contributed by atoms with Gasteiger partial charge in [0.1, 0.15) is 0 Å². The molecule has 2 heteroatoms. The van der Waals surface area contributed by atoms with Crippen molar-refractivity contribution in [3.05, 3.63) is 0 Å². The standard InChI is InChI=1S/C12H23NO/c14-12(11-3-1-2-4-11)9-10-5-7-13-8-6-10/h10-14H,1-9H2. The predicted octanol–water partition coefficient (Wildman–Crippen LogP) is 1.93. The van der Waals surface area contributed by atoms with E-state index in [1.807, 2.05) is 0 Å². The molecule has 2 aliphatic rings. The van der Waals surface area contributed by atoms with Gasteiger partial charge in [-0.25, -0.2) is 0 Å². The van der Waals surface area contributed by atoms with Crippen molar-refractivity contribution >= 4 is 0 Å². The Kier molecular flexibility index (Phi) is 3.82. The maximum absolute atomic E-state index is 10.1. The second-order valence-corrected chi connectivity index (χ2v) is 5.04. The molecule has 0 aromatic carbocycles. The molecule has 2 nitrogen and oxygen atoms in total. The monoisotopic (exact) mass is 197 g/mol. The first-order valence-electron chi connectivity index (χ1n) is 6.25. The van der Waals surface area contributed by atoms with Crippen LogP contribution in [0.15, 0.2) is 0 Å². The summed E-state index contributed by atoms with van der Waals surface area (Å²) in [6.45, 7) is 2.31. The molecule has 1 heterocycles. The molecule has 1 saturated heterocycles. The second kappa shape index (κ2) is 5.13. The zero-order chi connectivity index (χ0) is 9.80. The molecule has 0 radical (unpaired) electrons. The maximum Gasteiger partial charge on any atom is 0.0571 e. The van der Waals surface area contributed by atoms with Gasteiger partial charge in [-0.2, -0.15) is 0 Å². The van der Waals surface area contributed by atoms with Gasteiger partial charge in [-0.1, -0.05) is 12.8 Å². The SMILES string of the molecule is OC(CC1CCNCC1)C1CCCC1. The number of piperidine rings is 1. The van der Waals surface area contributed by atoms with E-state index < -0.39 is 0 Å². The minimum absolute atomic E-state index is 0.000556. The molecule has 14 heavy (non-hydrogen) atoms. The van der Waals surface area contributed by atoms with Crippen LogP contribution in [0.25, 0.3) is 0 Å². The summed E-state index contributed by atoms with van der Waals surface area (Å²) in [5.41, 5.74) is 0. The Morgan fingerprint density at radius 3 is 2.36 bits per heavy atom. The third-order valence-electron chi connectivity index (χ3n) is 3.98. The van der Waals surface area contributed by atoms with Crippen LogP contribution in [0, 0.1) is 11.8 Å². The molecule has 0 amide bonds. The summed E-state index contributed by atoms with van der Waals surface area (Å²) in [5.74, 6) is 1.41. The van der Waals surface area contributed by atoms with Gasteiger partial charge in [0.15, 0.2) is 0 Å². The molecule has 1 aliphatic heterocycles. The number of rotatable bonds is 3. The zero-order valence-electron chi connectivity index (χ0n) is 9.04. The molecule has 0 aromatic heterocycles. The van der Waals surface area contributed by atoms with E-state index in [1.54, 1.807) is 0 Å². The van der Waals surface area contributed by atoms with Gasteiger partial charge in [-0.15, -0.1) is 0 Å². The normalized spacial score (nSPS) is 28.1. The lowest BCUT2D eigenvalue weighted by molar-refractivity contribution is 0.0781. The largest absolute Gasteiger partial charge is 0.393 e. The summed E-state index contributed by atoms with van der Waals surface area (Å²) < 4.78 is 0. The summed E-state index contributed by atoms with van der Waals surface area (Å²) in [5, 5.41) is 13.5. The average Bonchev–Trinajstić information content (AvgIpc) is 2.72. The Morgan fingerprint density at radius 1 is 1.07 bits per heavy atom. The highest BCUT2D eigenvalue weighted by molar-refractivity contribution is 4.79. The topological polar surface area (TPSA) is 32.3 Å². The fraction of sp³-hybridized carbons (Fsp3) is 1.00. The summed E-state index contributed by atoms with van der Waals surface area (Å²) >= 11 is 0. The smallest absolute Gasteiger partial charge is 0.0571 e. The van der Waals surface area contributed by atoms with Gasteiger partial charge in [0.25, 0.3) is 0 Å². The molecule has 0 spiro atoms. The van der Waals surface area contributed by atoms with E-state index in [2.05, 4.69) is 5.32 Å². The minimum Gasteiger partial charge on any atom is -0.393 e. The Hall–Kier alpha value is -0.0800. The molecular formula is C12H23NO. The molecule has 2 N–H and O–H groups in total. The Balaban J connectivity index is 1.72. The van der Waals surface area contributed by atoms with Gasteiger partial charge in [-0.3, -0.25) is 0 Å². The van der Waals surface area contributed by atoms with E-state index in [0.29, 0.717) is 5.92 Å². The lowest BCUT2D eigenvalue weighted by Crippen LogP contribution is -2.31. The Bertz CT molecular complexity index is 160. The van der Waals surface area contributed by atoms with Crippen LogP contribution < -0.4 is 5.32 Å². The molecule has 1 aliphatic carbocycles. The molecular weight excluding hydrogens is 174 g/mol. The first-order valence-corrected chi connectivity index (χ1v) is 6.25. The van der Waals surface area contributed by atoms with E-state index >= 15 is 0 Å². The number of aliphatic hydroxyl groups is 1. The van der Waals surface area contributed by atoms with Gasteiger partial charge in [0.05, 0.1) is 6.10 Å². The van der Waals surface area contributed by atoms with Crippen molar-refractivity contribution in [3.63, 3.8) is 0 Å². The van der Waals surface area contributed by atoms with E-state index in [9.17, 15) is 5.11 Å². The third kappa shape index (κ3) is 2.71. The van der Waals surface area contributed by atoms with Gasteiger partial charge in [0, 0.05) is 0 Å². The van der Waals surface area contributed by atoms with Gasteiger partial charge >= 0.3 is 0 Å². The van der Waals surface area contributed by atoms with E-state index in [4.69, 9.17) is 0 Å². The van der Waals surface area contributed by atoms with Gasteiger partial charge in [0.2, 0.25) is 0 Å². The van der Waals surface area contributed by atoms with Crippen LogP contribution in [0.2, 0.25) is 0 Å². The van der Waals surface area contributed by atoms with Gasteiger partial charge < -0.3 is 10.4 Å². The van der Waals surface area contributed by atoms with Crippen molar-refractivity contribution in [1.82, 2.24) is 5.32 Å². The van der Waals surface area contributed by atoms with Crippen LogP contribution in [0.5, 0.6) is 0 Å². The molecule has 2 fully saturated rings. The minimum atomic E-state index is 0.000556. The maximum atomic E-state index is 10.1.